The average molecular weight is 94.1 g/mol. The Morgan fingerprint density at radius 3 is 2.57 bits per heavy atom. The molecule has 0 radical (unpaired) electrons. The fourth-order valence-electron chi connectivity index (χ4n) is 0.132. The van der Waals surface area contributed by atoms with Crippen LogP contribution in [-0.4, -0.2) is 5.94 Å². The van der Waals surface area contributed by atoms with Crippen LogP contribution < -0.4 is 0 Å². The third kappa shape index (κ3) is 2.78. The van der Waals surface area contributed by atoms with Crippen molar-refractivity contribution in [3.05, 3.63) is 24.0 Å². The molecule has 0 aromatic rings. The molecule has 0 N–H and O–H groups in total. The molecule has 0 aromatic carbocycles. The zero-order valence-corrected chi connectivity index (χ0v) is 4.19. The van der Waals surface area contributed by atoms with Crippen molar-refractivity contribution in [3.8, 4) is 0 Å². The topological polar surface area (TPSA) is 17.1 Å². The van der Waals surface area contributed by atoms with Gasteiger partial charge in [-0.2, -0.15) is 0 Å². The van der Waals surface area contributed by atoms with Crippen molar-refractivity contribution >= 4 is 5.94 Å². The van der Waals surface area contributed by atoms with Gasteiger partial charge in [0.2, 0.25) is 0 Å². The van der Waals surface area contributed by atoms with Gasteiger partial charge in [-0.1, -0.05) is 12.7 Å². The van der Waals surface area contributed by atoms with Crippen molar-refractivity contribution < 1.29 is 4.79 Å². The lowest BCUT2D eigenvalue weighted by Gasteiger charge is -1.71. The minimum Gasteiger partial charge on any atom is -0.224 e. The van der Waals surface area contributed by atoms with Gasteiger partial charge in [-0.15, -0.1) is 0 Å². The molecule has 0 saturated heterocycles. The molecule has 0 aliphatic rings. The summed E-state index contributed by atoms with van der Waals surface area (Å²) >= 11 is 0. The lowest BCUT2D eigenvalue weighted by atomic mass is 10.3. The van der Waals surface area contributed by atoms with Crippen molar-refractivity contribution in [2.45, 2.75) is 6.92 Å². The van der Waals surface area contributed by atoms with E-state index in [9.17, 15) is 4.79 Å². The molecule has 0 amide bonds. The Labute approximate surface area is 42.7 Å². The summed E-state index contributed by atoms with van der Waals surface area (Å²) < 4.78 is 0. The van der Waals surface area contributed by atoms with Gasteiger partial charge in [-0.05, 0) is 12.7 Å². The highest BCUT2D eigenvalue weighted by Crippen LogP contribution is 1.83. The smallest absolute Gasteiger partial charge is 0.177 e. The van der Waals surface area contributed by atoms with E-state index >= 15 is 0 Å². The number of hydrogen-bond acceptors (Lipinski definition) is 1. The highest BCUT2D eigenvalue weighted by Gasteiger charge is 1.67. The third-order valence-electron chi connectivity index (χ3n) is 0.554. The van der Waals surface area contributed by atoms with Crippen molar-refractivity contribution in [1.82, 2.24) is 0 Å². The Kier molecular flexibility index (Phi) is 2.70. The first kappa shape index (κ1) is 5.97. The standard InChI is InChI=1S/C6H6O/c1-3-6(2)4-5-7/h3H,1H2,2H3. The molecule has 7 heavy (non-hydrogen) atoms. The number of rotatable bonds is 1. The minimum absolute atomic E-state index is 0.718. The first-order valence-corrected chi connectivity index (χ1v) is 1.90. The van der Waals surface area contributed by atoms with Gasteiger partial charge < -0.3 is 0 Å². The fourth-order valence-corrected chi connectivity index (χ4v) is 0.132. The lowest BCUT2D eigenvalue weighted by Crippen LogP contribution is -1.56. The van der Waals surface area contributed by atoms with Crippen LogP contribution in [0.4, 0.5) is 0 Å². The summed E-state index contributed by atoms with van der Waals surface area (Å²) in [7, 11) is 0. The van der Waals surface area contributed by atoms with E-state index < -0.39 is 0 Å². The molecule has 0 aliphatic heterocycles. The molecule has 0 aromatic heterocycles. The predicted octanol–water partition coefficient (Wildman–Crippen LogP) is 1.11. The predicted molar refractivity (Wildman–Crippen MR) is 28.6 cm³/mol. The number of carbonyl (C=O) groups excluding carboxylic acids is 1. The van der Waals surface area contributed by atoms with Gasteiger partial charge in [-0.3, -0.25) is 0 Å². The molecule has 0 heterocycles. The van der Waals surface area contributed by atoms with Crippen LogP contribution in [0.2, 0.25) is 0 Å². The first-order chi connectivity index (χ1) is 3.31. The second-order valence-corrected chi connectivity index (χ2v) is 1.11. The highest BCUT2D eigenvalue weighted by atomic mass is 16.1. The molecule has 1 heteroatoms. The van der Waals surface area contributed by atoms with Crippen molar-refractivity contribution in [2.24, 2.45) is 0 Å². The van der Waals surface area contributed by atoms with Crippen molar-refractivity contribution in [1.29, 1.82) is 0 Å². The summed E-state index contributed by atoms with van der Waals surface area (Å²) in [6.45, 7) is 5.13. The van der Waals surface area contributed by atoms with Crippen LogP contribution in [0.3, 0.4) is 0 Å². The van der Waals surface area contributed by atoms with Gasteiger partial charge in [0.1, 0.15) is 0 Å². The summed E-state index contributed by atoms with van der Waals surface area (Å²) in [5, 5.41) is 0. The van der Waals surface area contributed by atoms with Crippen LogP contribution in [0.1, 0.15) is 6.92 Å². The maximum Gasteiger partial charge on any atom is 0.177 e. The minimum atomic E-state index is 0.718. The van der Waals surface area contributed by atoms with E-state index in [0.717, 1.165) is 5.57 Å². The van der Waals surface area contributed by atoms with Gasteiger partial charge in [0, 0.05) is 5.57 Å². The third-order valence-corrected chi connectivity index (χ3v) is 0.554. The highest BCUT2D eigenvalue weighted by molar-refractivity contribution is 5.46. The van der Waals surface area contributed by atoms with Gasteiger partial charge in [-0.25, -0.2) is 4.79 Å². The molecule has 0 bridgehead atoms. The molecule has 0 saturated carbocycles. The molecule has 0 unspecified atom stereocenters. The van der Waals surface area contributed by atoms with Gasteiger partial charge in [0.15, 0.2) is 5.94 Å². The summed E-state index contributed by atoms with van der Waals surface area (Å²) in [4.78, 5) is 9.47. The van der Waals surface area contributed by atoms with E-state index in [4.69, 9.17) is 0 Å². The van der Waals surface area contributed by atoms with Crippen LogP contribution in [0, 0.1) is 0 Å². The van der Waals surface area contributed by atoms with E-state index in [-0.39, 0.29) is 0 Å². The summed E-state index contributed by atoms with van der Waals surface area (Å²) in [5.74, 6) is 1.51. The Balaban J connectivity index is 4.31. The van der Waals surface area contributed by atoms with Crippen LogP contribution >= 0.6 is 0 Å². The second-order valence-electron chi connectivity index (χ2n) is 1.11. The zero-order valence-electron chi connectivity index (χ0n) is 4.19. The molecule has 0 rings (SSSR count). The molecular weight excluding hydrogens is 88.1 g/mol. The molecule has 0 fully saturated rings. The van der Waals surface area contributed by atoms with Crippen molar-refractivity contribution in [2.75, 3.05) is 0 Å². The van der Waals surface area contributed by atoms with E-state index in [0.29, 0.717) is 0 Å². The summed E-state index contributed by atoms with van der Waals surface area (Å²) in [6, 6.07) is 0. The largest absolute Gasteiger partial charge is 0.224 e. The monoisotopic (exact) mass is 94.0 g/mol. The SMILES string of the molecule is C=CC(C)=C=C=O. The molecular formula is C6H6O. The summed E-state index contributed by atoms with van der Waals surface area (Å²) in [5.41, 5.74) is 3.01. The quantitative estimate of drug-likeness (QED) is 0.270. The van der Waals surface area contributed by atoms with E-state index in [1.54, 1.807) is 13.0 Å². The van der Waals surface area contributed by atoms with Crippen LogP contribution in [0.5, 0.6) is 0 Å². The van der Waals surface area contributed by atoms with E-state index in [1.807, 2.05) is 0 Å². The van der Waals surface area contributed by atoms with E-state index in [2.05, 4.69) is 12.3 Å². The molecule has 36 valence electrons. The Morgan fingerprint density at radius 1 is 1.86 bits per heavy atom. The first-order valence-electron chi connectivity index (χ1n) is 1.90. The van der Waals surface area contributed by atoms with E-state index in [1.165, 1.54) is 5.94 Å². The maximum absolute atomic E-state index is 9.47. The van der Waals surface area contributed by atoms with Crippen LogP contribution in [-0.2, 0) is 4.79 Å². The van der Waals surface area contributed by atoms with Crippen molar-refractivity contribution in [3.63, 3.8) is 0 Å². The normalized spacial score (nSPS) is 5.86. The summed E-state index contributed by atoms with van der Waals surface area (Å²) in [6.07, 6.45) is 1.55. The maximum atomic E-state index is 9.47. The van der Waals surface area contributed by atoms with Gasteiger partial charge in [0.05, 0.1) is 0 Å². The lowest BCUT2D eigenvalue weighted by molar-refractivity contribution is 0.569. The molecule has 0 atom stereocenters. The zero-order chi connectivity index (χ0) is 5.70. The second kappa shape index (κ2) is 3.17. The molecule has 0 spiro atoms. The Hall–Kier alpha value is -1.03. The van der Waals surface area contributed by atoms with Gasteiger partial charge >= 0.3 is 0 Å². The molecule has 1 nitrogen and oxygen atoms in total. The fraction of sp³-hybridized carbons (Fsp3) is 0.167. The Morgan fingerprint density at radius 2 is 2.43 bits per heavy atom. The van der Waals surface area contributed by atoms with Crippen LogP contribution in [0.25, 0.3) is 0 Å². The Bertz CT molecular complexity index is 144. The average Bonchev–Trinajstić information content (AvgIpc) is 1.68. The van der Waals surface area contributed by atoms with Gasteiger partial charge in [0.25, 0.3) is 0 Å². The number of allylic oxidation sites excluding steroid dienone is 2. The number of hydrogen-bond donors (Lipinski definition) is 0. The van der Waals surface area contributed by atoms with Crippen LogP contribution in [0.15, 0.2) is 24.0 Å². The molecule has 0 aliphatic carbocycles.